The van der Waals surface area contributed by atoms with Crippen LogP contribution in [0.5, 0.6) is 5.75 Å². The van der Waals surface area contributed by atoms with Gasteiger partial charge in [-0.2, -0.15) is 0 Å². The number of hydrogen-bond donors (Lipinski definition) is 1. The molecule has 1 aromatic rings. The lowest BCUT2D eigenvalue weighted by Gasteiger charge is -2.37. The number of hydrogen-bond acceptors (Lipinski definition) is 4. The highest BCUT2D eigenvalue weighted by Crippen LogP contribution is 2.27. The normalized spacial score (nSPS) is 17.7. The lowest BCUT2D eigenvalue weighted by Crippen LogP contribution is -2.48. The van der Waals surface area contributed by atoms with Crippen LogP contribution in [0.3, 0.4) is 0 Å². The molecule has 6 heteroatoms. The van der Waals surface area contributed by atoms with Crippen molar-refractivity contribution in [2.75, 3.05) is 26.7 Å². The van der Waals surface area contributed by atoms with E-state index in [1.54, 1.807) is 12.1 Å². The second-order valence-electron chi connectivity index (χ2n) is 7.35. The minimum atomic E-state index is -3.61. The summed E-state index contributed by atoms with van der Waals surface area (Å²) in [7, 11) is -2.10. The Kier molecular flexibility index (Phi) is 6.88. The van der Waals surface area contributed by atoms with E-state index in [0.717, 1.165) is 24.2 Å². The van der Waals surface area contributed by atoms with Crippen LogP contribution in [-0.2, 0) is 10.0 Å². The molecule has 0 saturated carbocycles. The molecule has 25 heavy (non-hydrogen) atoms. The predicted molar refractivity (Wildman–Crippen MR) is 102 cm³/mol. The van der Waals surface area contributed by atoms with Gasteiger partial charge in [-0.25, -0.2) is 13.1 Å². The van der Waals surface area contributed by atoms with E-state index in [1.165, 1.54) is 26.4 Å². The number of nitrogens with zero attached hydrogens (tertiary/aromatic N) is 1. The van der Waals surface area contributed by atoms with Gasteiger partial charge in [0.1, 0.15) is 10.6 Å². The first-order valence-electron chi connectivity index (χ1n) is 9.15. The summed E-state index contributed by atoms with van der Waals surface area (Å²) in [5.74, 6) is 0.789. The Bertz CT molecular complexity index is 680. The van der Waals surface area contributed by atoms with Gasteiger partial charge >= 0.3 is 0 Å². The Labute approximate surface area is 152 Å². The maximum Gasteiger partial charge on any atom is 0.244 e. The number of ether oxygens (including phenoxy) is 1. The van der Waals surface area contributed by atoms with Gasteiger partial charge in [0.2, 0.25) is 10.0 Å². The standard InChI is InChI=1S/C19H32N2O3S/c1-14(2)17(21-9-7-6-8-10-21)13-20-25(22,23)19-12-16(4)15(3)11-18(19)24-5/h11-12,14,17,20H,6-10,13H2,1-5H3. The molecule has 1 atom stereocenters. The summed E-state index contributed by atoms with van der Waals surface area (Å²) in [6.07, 6.45) is 3.66. The van der Waals surface area contributed by atoms with E-state index >= 15 is 0 Å². The molecule has 1 aliphatic rings. The van der Waals surface area contributed by atoms with Crippen molar-refractivity contribution < 1.29 is 13.2 Å². The first kappa shape index (κ1) is 20.2. The minimum absolute atomic E-state index is 0.215. The van der Waals surface area contributed by atoms with Crippen LogP contribution in [0, 0.1) is 19.8 Å². The molecular weight excluding hydrogens is 336 g/mol. The Balaban J connectivity index is 2.18. The number of piperidine rings is 1. The van der Waals surface area contributed by atoms with Gasteiger partial charge in [0.05, 0.1) is 7.11 Å². The molecule has 0 bridgehead atoms. The number of methoxy groups -OCH3 is 1. The smallest absolute Gasteiger partial charge is 0.244 e. The average Bonchev–Trinajstić information content (AvgIpc) is 2.57. The van der Waals surface area contributed by atoms with E-state index in [2.05, 4.69) is 23.5 Å². The summed E-state index contributed by atoms with van der Waals surface area (Å²) in [6, 6.07) is 3.70. The summed E-state index contributed by atoms with van der Waals surface area (Å²) >= 11 is 0. The van der Waals surface area contributed by atoms with Gasteiger partial charge in [-0.15, -0.1) is 0 Å². The highest BCUT2D eigenvalue weighted by Gasteiger charge is 2.27. The molecule has 0 aliphatic carbocycles. The van der Waals surface area contributed by atoms with E-state index < -0.39 is 10.0 Å². The van der Waals surface area contributed by atoms with Gasteiger partial charge in [-0.3, -0.25) is 4.90 Å². The highest BCUT2D eigenvalue weighted by atomic mass is 32.2. The second kappa shape index (κ2) is 8.52. The molecule has 0 amide bonds. The number of rotatable bonds is 7. The monoisotopic (exact) mass is 368 g/mol. The van der Waals surface area contributed by atoms with Crippen molar-refractivity contribution in [3.05, 3.63) is 23.3 Å². The largest absolute Gasteiger partial charge is 0.495 e. The Morgan fingerprint density at radius 3 is 2.28 bits per heavy atom. The molecule has 0 radical (unpaired) electrons. The summed E-state index contributed by atoms with van der Waals surface area (Å²) in [5.41, 5.74) is 1.96. The zero-order chi connectivity index (χ0) is 18.6. The summed E-state index contributed by atoms with van der Waals surface area (Å²) in [6.45, 7) is 10.7. The van der Waals surface area contributed by atoms with E-state index in [9.17, 15) is 8.42 Å². The van der Waals surface area contributed by atoms with Crippen molar-refractivity contribution in [3.8, 4) is 5.75 Å². The third kappa shape index (κ3) is 4.96. The van der Waals surface area contributed by atoms with E-state index in [4.69, 9.17) is 4.74 Å². The quantitative estimate of drug-likeness (QED) is 0.803. The molecule has 2 rings (SSSR count). The van der Waals surface area contributed by atoms with Crippen LogP contribution in [0.4, 0.5) is 0 Å². The topological polar surface area (TPSA) is 58.6 Å². The fourth-order valence-corrected chi connectivity index (χ4v) is 4.73. The fourth-order valence-electron chi connectivity index (χ4n) is 3.44. The van der Waals surface area contributed by atoms with Gasteiger partial charge in [0, 0.05) is 12.6 Å². The van der Waals surface area contributed by atoms with Gasteiger partial charge in [-0.05, 0) is 69.0 Å². The number of benzene rings is 1. The number of sulfonamides is 1. The van der Waals surface area contributed by atoms with Crippen LogP contribution in [0.2, 0.25) is 0 Å². The first-order chi connectivity index (χ1) is 11.8. The molecule has 0 spiro atoms. The van der Waals surface area contributed by atoms with Gasteiger partial charge < -0.3 is 4.74 Å². The molecule has 1 aliphatic heterocycles. The molecular formula is C19H32N2O3S. The molecule has 1 N–H and O–H groups in total. The summed E-state index contributed by atoms with van der Waals surface area (Å²) in [4.78, 5) is 2.65. The van der Waals surface area contributed by atoms with Crippen molar-refractivity contribution in [1.29, 1.82) is 0 Å². The van der Waals surface area contributed by atoms with E-state index in [-0.39, 0.29) is 10.9 Å². The summed E-state index contributed by atoms with van der Waals surface area (Å²) < 4.78 is 33.9. The van der Waals surface area contributed by atoms with Gasteiger partial charge in [0.15, 0.2) is 0 Å². The van der Waals surface area contributed by atoms with Crippen LogP contribution in [0.25, 0.3) is 0 Å². The fraction of sp³-hybridized carbons (Fsp3) is 0.684. The molecule has 0 aromatic heterocycles. The van der Waals surface area contributed by atoms with Crippen LogP contribution in [-0.4, -0.2) is 46.1 Å². The number of nitrogens with one attached hydrogen (secondary N) is 1. The van der Waals surface area contributed by atoms with Crippen molar-refractivity contribution >= 4 is 10.0 Å². The Morgan fingerprint density at radius 1 is 1.12 bits per heavy atom. The molecule has 1 unspecified atom stereocenters. The molecule has 5 nitrogen and oxygen atoms in total. The average molecular weight is 369 g/mol. The minimum Gasteiger partial charge on any atom is -0.495 e. The Morgan fingerprint density at radius 2 is 1.72 bits per heavy atom. The zero-order valence-corrected chi connectivity index (χ0v) is 16.9. The second-order valence-corrected chi connectivity index (χ2v) is 9.08. The van der Waals surface area contributed by atoms with Crippen molar-refractivity contribution in [2.45, 2.75) is 57.9 Å². The lowest BCUT2D eigenvalue weighted by molar-refractivity contribution is 0.130. The SMILES string of the molecule is COc1cc(C)c(C)cc1S(=O)(=O)NCC(C(C)C)N1CCCCC1. The predicted octanol–water partition coefficient (Wildman–Crippen LogP) is 3.10. The summed E-state index contributed by atoms with van der Waals surface area (Å²) in [5, 5.41) is 0. The third-order valence-electron chi connectivity index (χ3n) is 5.18. The molecule has 142 valence electrons. The van der Waals surface area contributed by atoms with Crippen LogP contribution < -0.4 is 9.46 Å². The molecule has 1 aromatic carbocycles. The number of likely N-dealkylation sites (tertiary alicyclic amines) is 1. The zero-order valence-electron chi connectivity index (χ0n) is 16.1. The highest BCUT2D eigenvalue weighted by molar-refractivity contribution is 7.89. The molecule has 1 fully saturated rings. The Hall–Kier alpha value is -1.11. The van der Waals surface area contributed by atoms with Crippen molar-refractivity contribution in [1.82, 2.24) is 9.62 Å². The van der Waals surface area contributed by atoms with E-state index in [1.807, 2.05) is 13.8 Å². The molecule has 1 saturated heterocycles. The van der Waals surface area contributed by atoms with Crippen molar-refractivity contribution in [3.63, 3.8) is 0 Å². The third-order valence-corrected chi connectivity index (χ3v) is 6.63. The van der Waals surface area contributed by atoms with Gasteiger partial charge in [-0.1, -0.05) is 20.3 Å². The lowest BCUT2D eigenvalue weighted by atomic mass is 9.99. The van der Waals surface area contributed by atoms with Crippen LogP contribution >= 0.6 is 0 Å². The van der Waals surface area contributed by atoms with Crippen LogP contribution in [0.1, 0.15) is 44.2 Å². The first-order valence-corrected chi connectivity index (χ1v) is 10.6. The maximum atomic E-state index is 12.9. The van der Waals surface area contributed by atoms with E-state index in [0.29, 0.717) is 18.2 Å². The van der Waals surface area contributed by atoms with Crippen molar-refractivity contribution in [2.24, 2.45) is 5.92 Å². The number of aryl methyl sites for hydroxylation is 2. The van der Waals surface area contributed by atoms with Gasteiger partial charge in [0.25, 0.3) is 0 Å². The van der Waals surface area contributed by atoms with Crippen LogP contribution in [0.15, 0.2) is 17.0 Å². The molecule has 1 heterocycles. The maximum absolute atomic E-state index is 12.9.